The molecule has 7 rings (SSSR count). The molecule has 2 aromatic heterocycles. The van der Waals surface area contributed by atoms with E-state index >= 15 is 0 Å². The number of benzene rings is 1. The lowest BCUT2D eigenvalue weighted by atomic mass is 9.46. The maximum absolute atomic E-state index is 13.7. The summed E-state index contributed by atoms with van der Waals surface area (Å²) in [5.41, 5.74) is 3.85. The molecule has 3 unspecified atom stereocenters. The van der Waals surface area contributed by atoms with Crippen LogP contribution in [0.4, 0.5) is 0 Å². The fourth-order valence-corrected chi connectivity index (χ4v) is 6.22. The Hall–Kier alpha value is -2.73. The van der Waals surface area contributed by atoms with Gasteiger partial charge < -0.3 is 14.6 Å². The number of hydrogen-bond donors (Lipinski definition) is 1. The second-order valence-electron chi connectivity index (χ2n) is 9.73. The van der Waals surface area contributed by atoms with Gasteiger partial charge in [0.2, 0.25) is 0 Å². The summed E-state index contributed by atoms with van der Waals surface area (Å²) in [4.78, 5) is 18.4. The third-order valence-corrected chi connectivity index (χ3v) is 8.07. The third-order valence-electron chi connectivity index (χ3n) is 8.07. The van der Waals surface area contributed by atoms with Crippen LogP contribution in [0.1, 0.15) is 60.5 Å². The van der Waals surface area contributed by atoms with Gasteiger partial charge in [0.25, 0.3) is 11.6 Å². The second-order valence-corrected chi connectivity index (χ2v) is 9.73. The van der Waals surface area contributed by atoms with Crippen molar-refractivity contribution in [2.45, 2.75) is 56.6 Å². The largest absolute Gasteiger partial charge is 0.377 e. The van der Waals surface area contributed by atoms with Crippen molar-refractivity contribution < 1.29 is 14.1 Å². The summed E-state index contributed by atoms with van der Waals surface area (Å²) >= 11 is 0. The number of rotatable bonds is 4. The van der Waals surface area contributed by atoms with Gasteiger partial charge in [0, 0.05) is 35.5 Å². The average Bonchev–Trinajstić information content (AvgIpc) is 3.37. The Balaban J connectivity index is 1.30. The molecule has 3 heterocycles. The first-order valence-electron chi connectivity index (χ1n) is 11.5. The van der Waals surface area contributed by atoms with Crippen molar-refractivity contribution in [3.05, 3.63) is 47.7 Å². The molecule has 4 aliphatic rings. The number of pyridine rings is 1. The van der Waals surface area contributed by atoms with Gasteiger partial charge in [-0.05, 0) is 38.2 Å². The number of aromatic nitrogens is 2. The molecule has 31 heavy (non-hydrogen) atoms. The number of carbonyl (C=O) groups is 1. The van der Waals surface area contributed by atoms with E-state index in [-0.39, 0.29) is 17.4 Å². The molecule has 0 radical (unpaired) electrons. The molecule has 3 aliphatic carbocycles. The van der Waals surface area contributed by atoms with Gasteiger partial charge in [-0.15, -0.1) is 0 Å². The minimum atomic E-state index is -0.0312. The maximum atomic E-state index is 13.7. The summed E-state index contributed by atoms with van der Waals surface area (Å²) < 4.78 is 11.7. The number of carbonyl (C=O) groups excluding carboxylic acids is 1. The van der Waals surface area contributed by atoms with Crippen LogP contribution in [0, 0.1) is 11.3 Å². The van der Waals surface area contributed by atoms with Crippen LogP contribution in [0.3, 0.4) is 0 Å². The van der Waals surface area contributed by atoms with E-state index in [4.69, 9.17) is 14.2 Å². The Labute approximate surface area is 180 Å². The lowest BCUT2D eigenvalue weighted by Gasteiger charge is -2.63. The normalized spacial score (nSPS) is 28.2. The van der Waals surface area contributed by atoms with E-state index in [0.29, 0.717) is 29.2 Å². The Morgan fingerprint density at radius 1 is 1.13 bits per heavy atom. The highest BCUT2D eigenvalue weighted by Crippen LogP contribution is 2.62. The van der Waals surface area contributed by atoms with Gasteiger partial charge in [-0.25, -0.2) is 4.98 Å². The number of amides is 1. The highest BCUT2D eigenvalue weighted by molar-refractivity contribution is 6.07. The van der Waals surface area contributed by atoms with Crippen molar-refractivity contribution in [2.24, 2.45) is 11.3 Å². The minimum Gasteiger partial charge on any atom is -0.377 e. The van der Waals surface area contributed by atoms with E-state index in [2.05, 4.69) is 10.5 Å². The average molecular weight is 415 g/mol. The molecule has 6 heteroatoms. The molecule has 4 fully saturated rings. The van der Waals surface area contributed by atoms with Crippen LogP contribution in [0.25, 0.3) is 22.4 Å². The van der Waals surface area contributed by atoms with Gasteiger partial charge in [-0.3, -0.25) is 4.79 Å². The third kappa shape index (κ3) is 2.51. The molecular weight excluding hydrogens is 390 g/mol. The van der Waals surface area contributed by atoms with E-state index in [0.717, 1.165) is 61.0 Å². The first kappa shape index (κ1) is 17.9. The second kappa shape index (κ2) is 6.39. The van der Waals surface area contributed by atoms with Crippen molar-refractivity contribution >= 4 is 17.0 Å². The van der Waals surface area contributed by atoms with E-state index in [9.17, 15) is 4.79 Å². The SMILES string of the molecule is O=C(NC1C2CCOC2C12CCC2)c1cc(-c2ccccc2)nc2onc(C3CC3)c12. The van der Waals surface area contributed by atoms with Crippen LogP contribution in [0.2, 0.25) is 0 Å². The van der Waals surface area contributed by atoms with Crippen LogP contribution in [-0.2, 0) is 4.74 Å². The molecule has 3 aromatic rings. The van der Waals surface area contributed by atoms with E-state index < -0.39 is 0 Å². The highest BCUT2D eigenvalue weighted by atomic mass is 16.5. The Morgan fingerprint density at radius 2 is 1.97 bits per heavy atom. The number of fused-ring (bicyclic) bond motifs is 3. The number of hydrogen-bond acceptors (Lipinski definition) is 5. The fraction of sp³-hybridized carbons (Fsp3) is 0.480. The lowest BCUT2D eigenvalue weighted by Crippen LogP contribution is -2.71. The van der Waals surface area contributed by atoms with E-state index in [1.807, 2.05) is 36.4 Å². The van der Waals surface area contributed by atoms with Crippen LogP contribution in [-0.4, -0.2) is 34.8 Å². The summed E-state index contributed by atoms with van der Waals surface area (Å²) in [6.07, 6.45) is 7.10. The Bertz CT molecular complexity index is 1180. The van der Waals surface area contributed by atoms with E-state index in [1.165, 1.54) is 6.42 Å². The van der Waals surface area contributed by atoms with Crippen molar-refractivity contribution in [1.29, 1.82) is 0 Å². The predicted molar refractivity (Wildman–Crippen MR) is 115 cm³/mol. The van der Waals surface area contributed by atoms with Crippen molar-refractivity contribution in [2.75, 3.05) is 6.61 Å². The van der Waals surface area contributed by atoms with Crippen LogP contribution >= 0.6 is 0 Å². The van der Waals surface area contributed by atoms with Crippen molar-refractivity contribution in [1.82, 2.24) is 15.5 Å². The summed E-state index contributed by atoms with van der Waals surface area (Å²) in [7, 11) is 0. The quantitative estimate of drug-likeness (QED) is 0.681. The lowest BCUT2D eigenvalue weighted by molar-refractivity contribution is -0.172. The van der Waals surface area contributed by atoms with Gasteiger partial charge in [-0.1, -0.05) is 41.9 Å². The predicted octanol–water partition coefficient (Wildman–Crippen LogP) is 4.45. The van der Waals surface area contributed by atoms with Crippen LogP contribution in [0.5, 0.6) is 0 Å². The number of nitrogens with zero attached hydrogens (tertiary/aromatic N) is 2. The van der Waals surface area contributed by atoms with Gasteiger partial charge >= 0.3 is 0 Å². The zero-order chi connectivity index (χ0) is 20.6. The molecule has 6 nitrogen and oxygen atoms in total. The van der Waals surface area contributed by atoms with Gasteiger partial charge in [0.1, 0.15) is 0 Å². The molecule has 1 amide bonds. The zero-order valence-corrected chi connectivity index (χ0v) is 17.3. The molecule has 1 aliphatic heterocycles. The van der Waals surface area contributed by atoms with Gasteiger partial charge in [0.05, 0.1) is 28.4 Å². The summed E-state index contributed by atoms with van der Waals surface area (Å²) in [6.45, 7) is 0.818. The smallest absolute Gasteiger partial charge is 0.259 e. The minimum absolute atomic E-state index is 0.0312. The summed E-state index contributed by atoms with van der Waals surface area (Å²) in [5, 5.41) is 8.54. The molecular formula is C25H25N3O3. The molecule has 1 saturated heterocycles. The Morgan fingerprint density at radius 3 is 2.71 bits per heavy atom. The molecule has 1 N–H and O–H groups in total. The van der Waals surface area contributed by atoms with Crippen molar-refractivity contribution in [3.63, 3.8) is 0 Å². The maximum Gasteiger partial charge on any atom is 0.259 e. The van der Waals surface area contributed by atoms with Crippen LogP contribution in [0.15, 0.2) is 40.9 Å². The zero-order valence-electron chi connectivity index (χ0n) is 17.3. The van der Waals surface area contributed by atoms with E-state index in [1.54, 1.807) is 0 Å². The molecule has 1 spiro atoms. The van der Waals surface area contributed by atoms with Gasteiger partial charge in [-0.2, -0.15) is 0 Å². The topological polar surface area (TPSA) is 77.2 Å². The summed E-state index contributed by atoms with van der Waals surface area (Å²) in [5.74, 6) is 0.795. The molecule has 0 bridgehead atoms. The Kier molecular flexibility index (Phi) is 3.69. The van der Waals surface area contributed by atoms with Crippen LogP contribution < -0.4 is 5.32 Å². The molecule has 158 valence electrons. The molecule has 3 atom stereocenters. The molecule has 3 saturated carbocycles. The first-order chi connectivity index (χ1) is 15.2. The van der Waals surface area contributed by atoms with Gasteiger partial charge in [0.15, 0.2) is 0 Å². The van der Waals surface area contributed by atoms with Crippen molar-refractivity contribution in [3.8, 4) is 11.3 Å². The molecule has 1 aromatic carbocycles. The fourth-order valence-electron chi connectivity index (χ4n) is 6.22. The highest BCUT2D eigenvalue weighted by Gasteiger charge is 2.67. The standard InChI is InChI=1S/C25H25N3O3/c29-23(27-21-16-9-12-30-22(16)25(21)10-4-11-25)17-13-18(14-5-2-1-3-6-14)26-24-19(17)20(28-31-24)15-7-8-15/h1-3,5-6,13,15-16,21-22H,4,7-12H2,(H,27,29). The number of ether oxygens (including phenoxy) is 1. The monoisotopic (exact) mass is 415 g/mol. The first-order valence-corrected chi connectivity index (χ1v) is 11.5. The summed E-state index contributed by atoms with van der Waals surface area (Å²) in [6, 6.07) is 12.1. The number of nitrogens with one attached hydrogen (secondary N) is 1.